The van der Waals surface area contributed by atoms with E-state index in [4.69, 9.17) is 10.5 Å². The van der Waals surface area contributed by atoms with Gasteiger partial charge in [-0.2, -0.15) is 10.5 Å². The standard InChI is InChI=1S/C9H6IN3OS/c10-8-5-7(6-15-8)9(14)13(3-1-11)4-2-12/h5-6H,3-4H2. The lowest BCUT2D eigenvalue weighted by atomic mass is 10.3. The number of thiophene rings is 1. The van der Waals surface area contributed by atoms with E-state index in [-0.39, 0.29) is 19.0 Å². The van der Waals surface area contributed by atoms with E-state index in [1.807, 2.05) is 12.1 Å². The molecule has 0 radical (unpaired) electrons. The van der Waals surface area contributed by atoms with Crippen LogP contribution in [0.2, 0.25) is 0 Å². The zero-order valence-corrected chi connectivity index (χ0v) is 10.6. The fraction of sp³-hybridized carbons (Fsp3) is 0.222. The molecule has 0 aliphatic carbocycles. The van der Waals surface area contributed by atoms with Crippen molar-refractivity contribution < 1.29 is 4.79 Å². The molecule has 1 aromatic heterocycles. The van der Waals surface area contributed by atoms with Crippen LogP contribution in [0.3, 0.4) is 0 Å². The molecule has 4 nitrogen and oxygen atoms in total. The van der Waals surface area contributed by atoms with E-state index in [1.165, 1.54) is 16.2 Å². The largest absolute Gasteiger partial charge is 0.312 e. The van der Waals surface area contributed by atoms with Crippen LogP contribution < -0.4 is 0 Å². The summed E-state index contributed by atoms with van der Waals surface area (Å²) in [6, 6.07) is 5.48. The third kappa shape index (κ3) is 3.18. The second-order valence-electron chi connectivity index (χ2n) is 2.62. The maximum Gasteiger partial charge on any atom is 0.256 e. The van der Waals surface area contributed by atoms with E-state index in [0.717, 1.165) is 2.88 Å². The Kier molecular flexibility index (Phi) is 4.53. The number of hydrogen-bond acceptors (Lipinski definition) is 4. The SMILES string of the molecule is N#CCN(CC#N)C(=O)c1csc(I)c1. The van der Waals surface area contributed by atoms with Crippen molar-refractivity contribution in [1.82, 2.24) is 4.90 Å². The quantitative estimate of drug-likeness (QED) is 0.627. The maximum atomic E-state index is 11.8. The minimum absolute atomic E-state index is 0.0567. The number of halogens is 1. The molecule has 1 aromatic rings. The number of carbonyl (C=O) groups is 1. The van der Waals surface area contributed by atoms with Crippen molar-refractivity contribution in [1.29, 1.82) is 10.5 Å². The van der Waals surface area contributed by atoms with Crippen LogP contribution in [0.5, 0.6) is 0 Å². The van der Waals surface area contributed by atoms with Crippen molar-refractivity contribution in [3.63, 3.8) is 0 Å². The molecule has 0 atom stereocenters. The van der Waals surface area contributed by atoms with Crippen LogP contribution in [-0.4, -0.2) is 23.9 Å². The molecule has 15 heavy (non-hydrogen) atoms. The number of hydrogen-bond donors (Lipinski definition) is 0. The van der Waals surface area contributed by atoms with E-state index in [2.05, 4.69) is 22.6 Å². The molecule has 6 heteroatoms. The number of carbonyl (C=O) groups excluding carboxylic acids is 1. The predicted molar refractivity (Wildman–Crippen MR) is 64.2 cm³/mol. The molecule has 1 rings (SSSR count). The fourth-order valence-corrected chi connectivity index (χ4v) is 2.30. The van der Waals surface area contributed by atoms with Crippen LogP contribution in [0, 0.1) is 25.5 Å². The van der Waals surface area contributed by atoms with Gasteiger partial charge in [0, 0.05) is 5.38 Å². The van der Waals surface area contributed by atoms with Crippen molar-refractivity contribution in [3.8, 4) is 12.1 Å². The molecule has 0 saturated carbocycles. The first-order valence-corrected chi connectivity index (χ1v) is 5.92. The Morgan fingerprint density at radius 1 is 1.47 bits per heavy atom. The van der Waals surface area contributed by atoms with Gasteiger partial charge in [-0.25, -0.2) is 0 Å². The van der Waals surface area contributed by atoms with Crippen LogP contribution in [-0.2, 0) is 0 Å². The van der Waals surface area contributed by atoms with Gasteiger partial charge in [-0.15, -0.1) is 11.3 Å². The van der Waals surface area contributed by atoms with Crippen molar-refractivity contribution in [2.45, 2.75) is 0 Å². The highest BCUT2D eigenvalue weighted by Gasteiger charge is 2.16. The Balaban J connectivity index is 2.82. The first-order chi connectivity index (χ1) is 7.19. The molecular weight excluding hydrogens is 325 g/mol. The van der Waals surface area contributed by atoms with E-state index in [0.29, 0.717) is 5.56 Å². The molecule has 0 aliphatic rings. The highest BCUT2D eigenvalue weighted by molar-refractivity contribution is 14.1. The molecule has 0 unspecified atom stereocenters. The zero-order chi connectivity index (χ0) is 11.3. The summed E-state index contributed by atoms with van der Waals surface area (Å²) in [6.45, 7) is -0.113. The van der Waals surface area contributed by atoms with E-state index in [1.54, 1.807) is 11.4 Å². The number of rotatable bonds is 3. The summed E-state index contributed by atoms with van der Waals surface area (Å²) in [7, 11) is 0. The van der Waals surface area contributed by atoms with Gasteiger partial charge in [-0.1, -0.05) is 0 Å². The Hall–Kier alpha value is -1.12. The smallest absolute Gasteiger partial charge is 0.256 e. The Morgan fingerprint density at radius 2 is 2.07 bits per heavy atom. The molecule has 0 aliphatic heterocycles. The normalized spacial score (nSPS) is 9.00. The average molecular weight is 331 g/mol. The van der Waals surface area contributed by atoms with Crippen molar-refractivity contribution in [3.05, 3.63) is 19.9 Å². The van der Waals surface area contributed by atoms with Crippen molar-refractivity contribution in [2.75, 3.05) is 13.1 Å². The topological polar surface area (TPSA) is 67.9 Å². The van der Waals surface area contributed by atoms with Gasteiger partial charge in [-0.05, 0) is 28.7 Å². The summed E-state index contributed by atoms with van der Waals surface area (Å²) < 4.78 is 1.00. The lowest BCUT2D eigenvalue weighted by Gasteiger charge is -2.14. The molecule has 0 bridgehead atoms. The Bertz CT molecular complexity index is 427. The number of amides is 1. The van der Waals surface area contributed by atoms with Crippen LogP contribution in [0.1, 0.15) is 10.4 Å². The third-order valence-electron chi connectivity index (χ3n) is 1.62. The molecule has 0 N–H and O–H groups in total. The summed E-state index contributed by atoms with van der Waals surface area (Å²) in [5.74, 6) is -0.266. The van der Waals surface area contributed by atoms with Crippen LogP contribution in [0.25, 0.3) is 0 Å². The lowest BCUT2D eigenvalue weighted by molar-refractivity contribution is 0.0795. The molecule has 0 saturated heterocycles. The molecule has 1 amide bonds. The molecular formula is C9H6IN3OS. The van der Waals surface area contributed by atoms with Gasteiger partial charge in [0.05, 0.1) is 20.6 Å². The second-order valence-corrected chi connectivity index (χ2v) is 5.42. The minimum Gasteiger partial charge on any atom is -0.312 e. The van der Waals surface area contributed by atoms with Gasteiger partial charge in [0.25, 0.3) is 5.91 Å². The van der Waals surface area contributed by atoms with Gasteiger partial charge < -0.3 is 4.90 Å². The monoisotopic (exact) mass is 331 g/mol. The first kappa shape index (κ1) is 12.0. The highest BCUT2D eigenvalue weighted by Crippen LogP contribution is 2.17. The Morgan fingerprint density at radius 3 is 2.47 bits per heavy atom. The maximum absolute atomic E-state index is 11.8. The zero-order valence-electron chi connectivity index (χ0n) is 7.61. The van der Waals surface area contributed by atoms with E-state index >= 15 is 0 Å². The number of nitrogens with zero attached hydrogens (tertiary/aromatic N) is 3. The summed E-state index contributed by atoms with van der Waals surface area (Å²) in [5, 5.41) is 18.8. The first-order valence-electron chi connectivity index (χ1n) is 3.96. The van der Waals surface area contributed by atoms with Crippen LogP contribution in [0.15, 0.2) is 11.4 Å². The molecule has 0 fully saturated rings. The second kappa shape index (κ2) is 5.69. The number of nitriles is 2. The lowest BCUT2D eigenvalue weighted by Crippen LogP contribution is -2.31. The van der Waals surface area contributed by atoms with Crippen LogP contribution >= 0.6 is 33.9 Å². The molecule has 1 heterocycles. The Labute approximate surface area is 105 Å². The van der Waals surface area contributed by atoms with Gasteiger partial charge in [0.2, 0.25) is 0 Å². The molecule has 76 valence electrons. The van der Waals surface area contributed by atoms with Gasteiger partial charge in [0.15, 0.2) is 0 Å². The van der Waals surface area contributed by atoms with Crippen LogP contribution in [0.4, 0.5) is 0 Å². The summed E-state index contributed by atoms with van der Waals surface area (Å²) in [5.41, 5.74) is 0.537. The van der Waals surface area contributed by atoms with Gasteiger partial charge >= 0.3 is 0 Å². The van der Waals surface area contributed by atoms with Gasteiger partial charge in [0.1, 0.15) is 13.1 Å². The minimum atomic E-state index is -0.266. The average Bonchev–Trinajstić information content (AvgIpc) is 2.63. The van der Waals surface area contributed by atoms with E-state index in [9.17, 15) is 4.79 Å². The summed E-state index contributed by atoms with van der Waals surface area (Å²) >= 11 is 3.58. The highest BCUT2D eigenvalue weighted by atomic mass is 127. The summed E-state index contributed by atoms with van der Waals surface area (Å²) in [6.07, 6.45) is 0. The molecule has 0 aromatic carbocycles. The van der Waals surface area contributed by atoms with E-state index < -0.39 is 0 Å². The molecule has 0 spiro atoms. The fourth-order valence-electron chi connectivity index (χ4n) is 0.975. The summed E-state index contributed by atoms with van der Waals surface area (Å²) in [4.78, 5) is 13.0. The van der Waals surface area contributed by atoms with Crippen molar-refractivity contribution >= 4 is 39.8 Å². The van der Waals surface area contributed by atoms with Gasteiger partial charge in [-0.3, -0.25) is 4.79 Å². The van der Waals surface area contributed by atoms with Crippen molar-refractivity contribution in [2.24, 2.45) is 0 Å². The third-order valence-corrected chi connectivity index (χ3v) is 3.41. The predicted octanol–water partition coefficient (Wildman–Crippen LogP) is 1.84.